The number of carbonyl (C=O) groups is 1. The van der Waals surface area contributed by atoms with E-state index in [1.54, 1.807) is 15.8 Å². The van der Waals surface area contributed by atoms with Crippen molar-refractivity contribution in [3.63, 3.8) is 0 Å². The van der Waals surface area contributed by atoms with Crippen LogP contribution in [0, 0.1) is 13.8 Å². The minimum Gasteiger partial charge on any atom is -0.286 e. The third kappa shape index (κ3) is 5.43. The molecule has 0 aliphatic heterocycles. The van der Waals surface area contributed by atoms with Crippen LogP contribution in [0.5, 0.6) is 0 Å². The molecular weight excluding hydrogens is 480 g/mol. The fraction of sp³-hybridized carbons (Fsp3) is 0.261. The Balaban J connectivity index is 1.58. The molecule has 7 nitrogen and oxygen atoms in total. The lowest BCUT2D eigenvalue weighted by Crippen LogP contribution is -2.35. The van der Waals surface area contributed by atoms with Crippen LogP contribution in [-0.4, -0.2) is 41.4 Å². The average Bonchev–Trinajstić information content (AvgIpc) is 3.43. The summed E-state index contributed by atoms with van der Waals surface area (Å²) in [5.74, 6) is -0.595. The zero-order valence-corrected chi connectivity index (χ0v) is 20.6. The SMILES string of the molecule is Cc1cc(C)c2nc(N(CCn3cccn3)C(=O)CCS(=O)(=O)c3ccc(Cl)cc3)sc2c1. The Kier molecular flexibility index (Phi) is 6.83. The minimum atomic E-state index is -3.62. The Hall–Kier alpha value is -2.75. The quantitative estimate of drug-likeness (QED) is 0.350. The summed E-state index contributed by atoms with van der Waals surface area (Å²) in [6.07, 6.45) is 3.34. The van der Waals surface area contributed by atoms with Gasteiger partial charge in [-0.2, -0.15) is 5.10 Å². The van der Waals surface area contributed by atoms with Crippen LogP contribution in [0.25, 0.3) is 10.2 Å². The summed E-state index contributed by atoms with van der Waals surface area (Å²) in [5.41, 5.74) is 3.02. The maximum absolute atomic E-state index is 13.2. The second kappa shape index (κ2) is 9.62. The van der Waals surface area contributed by atoms with Gasteiger partial charge in [-0.25, -0.2) is 13.4 Å². The molecule has 0 bridgehead atoms. The predicted octanol–water partition coefficient (Wildman–Crippen LogP) is 4.66. The van der Waals surface area contributed by atoms with Crippen LogP contribution >= 0.6 is 22.9 Å². The third-order valence-electron chi connectivity index (χ3n) is 5.22. The second-order valence-corrected chi connectivity index (χ2v) is 11.3. The Morgan fingerprint density at radius 1 is 1.18 bits per heavy atom. The summed E-state index contributed by atoms with van der Waals surface area (Å²) < 4.78 is 28.2. The van der Waals surface area contributed by atoms with Crippen LogP contribution in [0.15, 0.2) is 59.8 Å². The molecule has 10 heteroatoms. The van der Waals surface area contributed by atoms with Crippen molar-refractivity contribution >= 4 is 54.0 Å². The molecule has 172 valence electrons. The molecule has 2 heterocycles. The van der Waals surface area contributed by atoms with Crippen LogP contribution in [0.1, 0.15) is 17.5 Å². The molecule has 0 spiro atoms. The Labute approximate surface area is 201 Å². The third-order valence-corrected chi connectivity index (χ3v) is 8.23. The van der Waals surface area contributed by atoms with E-state index in [1.165, 1.54) is 35.6 Å². The first-order valence-corrected chi connectivity index (χ1v) is 13.2. The zero-order chi connectivity index (χ0) is 23.6. The van der Waals surface area contributed by atoms with Gasteiger partial charge in [-0.15, -0.1) is 0 Å². The number of aromatic nitrogens is 3. The number of benzene rings is 2. The number of carbonyl (C=O) groups excluding carboxylic acids is 1. The molecule has 2 aromatic heterocycles. The maximum atomic E-state index is 13.2. The van der Waals surface area contributed by atoms with Crippen molar-refractivity contribution < 1.29 is 13.2 Å². The summed E-state index contributed by atoms with van der Waals surface area (Å²) in [7, 11) is -3.62. The van der Waals surface area contributed by atoms with Crippen LogP contribution in [-0.2, 0) is 21.2 Å². The first-order valence-electron chi connectivity index (χ1n) is 10.4. The lowest BCUT2D eigenvalue weighted by molar-refractivity contribution is -0.118. The van der Waals surface area contributed by atoms with E-state index in [-0.39, 0.29) is 23.0 Å². The second-order valence-electron chi connectivity index (χ2n) is 7.76. The van der Waals surface area contributed by atoms with E-state index in [0.29, 0.717) is 23.2 Å². The lowest BCUT2D eigenvalue weighted by Gasteiger charge is -2.20. The van der Waals surface area contributed by atoms with Crippen LogP contribution in [0.4, 0.5) is 5.13 Å². The van der Waals surface area contributed by atoms with E-state index in [9.17, 15) is 13.2 Å². The minimum absolute atomic E-state index is 0.147. The molecule has 0 atom stereocenters. The molecule has 4 aromatic rings. The van der Waals surface area contributed by atoms with Gasteiger partial charge in [-0.3, -0.25) is 14.4 Å². The van der Waals surface area contributed by atoms with Crippen molar-refractivity contribution in [1.29, 1.82) is 0 Å². The first-order chi connectivity index (χ1) is 15.7. The summed E-state index contributed by atoms with van der Waals surface area (Å²) >= 11 is 7.29. The number of rotatable bonds is 8. The molecule has 0 aliphatic carbocycles. The van der Waals surface area contributed by atoms with Crippen LogP contribution < -0.4 is 4.90 Å². The van der Waals surface area contributed by atoms with Gasteiger partial charge >= 0.3 is 0 Å². The highest BCUT2D eigenvalue weighted by atomic mass is 35.5. The van der Waals surface area contributed by atoms with Crippen molar-refractivity contribution in [2.75, 3.05) is 17.2 Å². The van der Waals surface area contributed by atoms with Gasteiger partial charge in [0.15, 0.2) is 15.0 Å². The molecule has 0 aliphatic rings. The molecule has 0 unspecified atom stereocenters. The van der Waals surface area contributed by atoms with Gasteiger partial charge in [0.05, 0.1) is 27.4 Å². The van der Waals surface area contributed by atoms with Crippen molar-refractivity contribution in [3.05, 3.63) is 71.0 Å². The fourth-order valence-corrected chi connectivity index (χ4v) is 6.09. The molecule has 33 heavy (non-hydrogen) atoms. The maximum Gasteiger partial charge on any atom is 0.229 e. The first kappa shape index (κ1) is 23.4. The number of sulfone groups is 1. The molecule has 2 aromatic carbocycles. The van der Waals surface area contributed by atoms with Crippen LogP contribution in [0.2, 0.25) is 5.02 Å². The van der Waals surface area contributed by atoms with Crippen molar-refractivity contribution in [3.8, 4) is 0 Å². The molecular formula is C23H23ClN4O3S2. The van der Waals surface area contributed by atoms with E-state index >= 15 is 0 Å². The standard InChI is InChI=1S/C23H23ClN4O3S2/c1-16-14-17(2)22-20(15-16)32-23(26-22)28(12-11-27-10-3-9-25-27)21(29)8-13-33(30,31)19-6-4-18(24)5-7-19/h3-7,9-10,14-15H,8,11-13H2,1-2H3. The lowest BCUT2D eigenvalue weighted by atomic mass is 10.1. The van der Waals surface area contributed by atoms with Gasteiger partial charge in [-0.05, 0) is 61.4 Å². The van der Waals surface area contributed by atoms with Crippen molar-refractivity contribution in [2.24, 2.45) is 0 Å². The van der Waals surface area contributed by atoms with E-state index in [4.69, 9.17) is 16.6 Å². The molecule has 0 saturated heterocycles. The predicted molar refractivity (Wildman–Crippen MR) is 132 cm³/mol. The number of aryl methyl sites for hydroxylation is 2. The highest BCUT2D eigenvalue weighted by Crippen LogP contribution is 2.32. The van der Waals surface area contributed by atoms with Gasteiger partial charge < -0.3 is 0 Å². The highest BCUT2D eigenvalue weighted by Gasteiger charge is 2.23. The molecule has 0 radical (unpaired) electrons. The number of thiazole rings is 1. The van der Waals surface area contributed by atoms with Crippen molar-refractivity contribution in [1.82, 2.24) is 14.8 Å². The molecule has 4 rings (SSSR count). The molecule has 0 N–H and O–H groups in total. The van der Waals surface area contributed by atoms with E-state index in [0.717, 1.165) is 21.3 Å². The number of hydrogen-bond donors (Lipinski definition) is 0. The van der Waals surface area contributed by atoms with Gasteiger partial charge in [0.1, 0.15) is 0 Å². The van der Waals surface area contributed by atoms with E-state index < -0.39 is 9.84 Å². The number of hydrogen-bond acceptors (Lipinski definition) is 6. The number of halogens is 1. The summed E-state index contributed by atoms with van der Waals surface area (Å²) in [6, 6.07) is 11.9. The number of fused-ring (bicyclic) bond motifs is 1. The summed E-state index contributed by atoms with van der Waals surface area (Å²) in [4.78, 5) is 19.7. The number of amides is 1. The largest absolute Gasteiger partial charge is 0.286 e. The molecule has 0 fully saturated rings. The van der Waals surface area contributed by atoms with E-state index in [1.807, 2.05) is 32.2 Å². The average molecular weight is 503 g/mol. The number of nitrogens with zero attached hydrogens (tertiary/aromatic N) is 4. The Bertz CT molecular complexity index is 1380. The Morgan fingerprint density at radius 3 is 2.64 bits per heavy atom. The molecule has 1 amide bonds. The van der Waals surface area contributed by atoms with Gasteiger partial charge in [-0.1, -0.05) is 29.0 Å². The highest BCUT2D eigenvalue weighted by molar-refractivity contribution is 7.91. The monoisotopic (exact) mass is 502 g/mol. The topological polar surface area (TPSA) is 85.2 Å². The van der Waals surface area contributed by atoms with E-state index in [2.05, 4.69) is 11.2 Å². The fourth-order valence-electron chi connectivity index (χ4n) is 3.55. The summed E-state index contributed by atoms with van der Waals surface area (Å²) in [6.45, 7) is 4.82. The van der Waals surface area contributed by atoms with Gasteiger partial charge in [0, 0.05) is 30.4 Å². The van der Waals surface area contributed by atoms with Crippen molar-refractivity contribution in [2.45, 2.75) is 31.7 Å². The van der Waals surface area contributed by atoms with Crippen LogP contribution in [0.3, 0.4) is 0 Å². The van der Waals surface area contributed by atoms with Gasteiger partial charge in [0.2, 0.25) is 5.91 Å². The smallest absolute Gasteiger partial charge is 0.229 e. The normalized spacial score (nSPS) is 11.7. The number of anilines is 1. The zero-order valence-electron chi connectivity index (χ0n) is 18.2. The summed E-state index contributed by atoms with van der Waals surface area (Å²) in [5, 5.41) is 5.21. The molecule has 0 saturated carbocycles. The Morgan fingerprint density at radius 2 is 1.94 bits per heavy atom. The van der Waals surface area contributed by atoms with Gasteiger partial charge in [0.25, 0.3) is 0 Å².